The van der Waals surface area contributed by atoms with Crippen molar-refractivity contribution in [2.24, 2.45) is 4.99 Å². The van der Waals surface area contributed by atoms with Gasteiger partial charge in [0.15, 0.2) is 5.96 Å². The smallest absolute Gasteiger partial charge is 0.194 e. The Morgan fingerprint density at radius 2 is 1.89 bits per heavy atom. The molecule has 0 radical (unpaired) electrons. The topological polar surface area (TPSA) is 51.1 Å². The average molecular weight is 498 g/mol. The number of hydrogen-bond acceptors (Lipinski definition) is 3. The first kappa shape index (κ1) is 22.4. The molecule has 0 aromatic heterocycles. The van der Waals surface area contributed by atoms with Crippen molar-refractivity contribution in [1.29, 1.82) is 0 Å². The van der Waals surface area contributed by atoms with Crippen LogP contribution in [0, 0.1) is 12.7 Å². The summed E-state index contributed by atoms with van der Waals surface area (Å²) in [6.45, 7) is 6.01. The maximum absolute atomic E-state index is 13.5. The lowest BCUT2D eigenvalue weighted by Crippen LogP contribution is -2.52. The molecule has 1 fully saturated rings. The van der Waals surface area contributed by atoms with Crippen molar-refractivity contribution in [2.75, 3.05) is 38.1 Å². The molecule has 0 atom stereocenters. The summed E-state index contributed by atoms with van der Waals surface area (Å²) in [7, 11) is 1.78. The fourth-order valence-electron chi connectivity index (χ4n) is 3.37. The largest absolute Gasteiger partial charge is 0.392 e. The van der Waals surface area contributed by atoms with Gasteiger partial charge in [-0.1, -0.05) is 18.2 Å². The number of aliphatic hydroxyl groups is 1. The van der Waals surface area contributed by atoms with E-state index in [1.165, 1.54) is 17.3 Å². The van der Waals surface area contributed by atoms with Gasteiger partial charge in [-0.2, -0.15) is 0 Å². The molecule has 1 aliphatic heterocycles. The normalized spacial score (nSPS) is 14.6. The number of nitrogens with zero attached hydrogens (tertiary/aromatic N) is 3. The molecule has 2 N–H and O–H groups in total. The highest BCUT2D eigenvalue weighted by Crippen LogP contribution is 2.18. The van der Waals surface area contributed by atoms with Crippen LogP contribution in [-0.4, -0.2) is 49.2 Å². The minimum absolute atomic E-state index is 0. The van der Waals surface area contributed by atoms with Crippen LogP contribution in [0.4, 0.5) is 10.1 Å². The Morgan fingerprint density at radius 3 is 2.54 bits per heavy atom. The second-order valence-electron chi connectivity index (χ2n) is 6.80. The van der Waals surface area contributed by atoms with Gasteiger partial charge in [-0.15, -0.1) is 24.0 Å². The van der Waals surface area contributed by atoms with Gasteiger partial charge in [-0.25, -0.2) is 4.39 Å². The summed E-state index contributed by atoms with van der Waals surface area (Å²) in [5.74, 6) is 0.465. The summed E-state index contributed by atoms with van der Waals surface area (Å²) >= 11 is 0. The highest BCUT2D eigenvalue weighted by atomic mass is 127. The number of aliphatic hydroxyl groups excluding tert-OH is 1. The van der Waals surface area contributed by atoms with Crippen molar-refractivity contribution in [3.05, 3.63) is 65.0 Å². The van der Waals surface area contributed by atoms with E-state index in [9.17, 15) is 9.50 Å². The van der Waals surface area contributed by atoms with Gasteiger partial charge >= 0.3 is 0 Å². The van der Waals surface area contributed by atoms with E-state index in [-0.39, 0.29) is 36.4 Å². The van der Waals surface area contributed by atoms with Crippen molar-refractivity contribution in [1.82, 2.24) is 10.2 Å². The zero-order valence-electron chi connectivity index (χ0n) is 16.4. The first-order chi connectivity index (χ1) is 13.1. The van der Waals surface area contributed by atoms with Crippen LogP contribution in [0.15, 0.2) is 47.5 Å². The van der Waals surface area contributed by atoms with Crippen LogP contribution < -0.4 is 10.2 Å². The Morgan fingerprint density at radius 1 is 1.14 bits per heavy atom. The number of aryl methyl sites for hydroxylation is 1. The van der Waals surface area contributed by atoms with E-state index >= 15 is 0 Å². The number of anilines is 1. The number of aliphatic imine (C=N–C) groups is 1. The summed E-state index contributed by atoms with van der Waals surface area (Å²) in [6, 6.07) is 13.4. The van der Waals surface area contributed by atoms with Crippen LogP contribution in [0.3, 0.4) is 0 Å². The van der Waals surface area contributed by atoms with Crippen LogP contribution in [0.25, 0.3) is 0 Å². The fraction of sp³-hybridized carbons (Fsp3) is 0.381. The molecule has 1 heterocycles. The molecule has 0 aliphatic carbocycles. The van der Waals surface area contributed by atoms with Gasteiger partial charge in [-0.3, -0.25) is 4.99 Å². The monoisotopic (exact) mass is 498 g/mol. The van der Waals surface area contributed by atoms with Crippen LogP contribution in [0.5, 0.6) is 0 Å². The van der Waals surface area contributed by atoms with Crippen LogP contribution in [0.1, 0.15) is 16.7 Å². The number of guanidine groups is 1. The van der Waals surface area contributed by atoms with Gasteiger partial charge in [0.05, 0.1) is 6.61 Å². The van der Waals surface area contributed by atoms with E-state index in [1.54, 1.807) is 19.2 Å². The van der Waals surface area contributed by atoms with Gasteiger partial charge in [-0.05, 0) is 42.3 Å². The molecule has 0 bridgehead atoms. The second-order valence-corrected chi connectivity index (χ2v) is 6.80. The third-order valence-electron chi connectivity index (χ3n) is 4.89. The van der Waals surface area contributed by atoms with E-state index in [2.05, 4.69) is 51.3 Å². The molecule has 0 unspecified atom stereocenters. The van der Waals surface area contributed by atoms with Crippen molar-refractivity contribution in [3.8, 4) is 0 Å². The van der Waals surface area contributed by atoms with Crippen molar-refractivity contribution >= 4 is 35.6 Å². The number of hydrogen-bond donors (Lipinski definition) is 2. The molecule has 1 aliphatic rings. The predicted molar refractivity (Wildman–Crippen MR) is 123 cm³/mol. The molecule has 2 aromatic rings. The number of nitrogens with one attached hydrogen (secondary N) is 1. The van der Waals surface area contributed by atoms with E-state index in [0.29, 0.717) is 12.1 Å². The number of piperazine rings is 1. The zero-order chi connectivity index (χ0) is 19.2. The van der Waals surface area contributed by atoms with Crippen LogP contribution in [-0.2, 0) is 13.2 Å². The maximum atomic E-state index is 13.5. The molecule has 3 rings (SSSR count). The highest BCUT2D eigenvalue weighted by Gasteiger charge is 2.19. The summed E-state index contributed by atoms with van der Waals surface area (Å²) in [5.41, 5.74) is 3.77. The summed E-state index contributed by atoms with van der Waals surface area (Å²) in [5, 5.41) is 12.6. The van der Waals surface area contributed by atoms with Crippen molar-refractivity contribution in [3.63, 3.8) is 0 Å². The molecule has 7 heteroatoms. The molecule has 152 valence electrons. The van der Waals surface area contributed by atoms with E-state index in [0.717, 1.165) is 37.7 Å². The Bertz CT molecular complexity index is 807. The third kappa shape index (κ3) is 5.57. The summed E-state index contributed by atoms with van der Waals surface area (Å²) in [4.78, 5) is 9.02. The van der Waals surface area contributed by atoms with Gasteiger partial charge in [0, 0.05) is 51.0 Å². The van der Waals surface area contributed by atoms with Crippen molar-refractivity contribution < 1.29 is 9.50 Å². The second kappa shape index (κ2) is 10.6. The minimum atomic E-state index is -0.377. The highest BCUT2D eigenvalue weighted by molar-refractivity contribution is 14.0. The van der Waals surface area contributed by atoms with Crippen molar-refractivity contribution in [2.45, 2.75) is 20.1 Å². The lowest BCUT2D eigenvalue weighted by atomic mass is 10.1. The van der Waals surface area contributed by atoms with Crippen LogP contribution in [0.2, 0.25) is 0 Å². The van der Waals surface area contributed by atoms with E-state index in [4.69, 9.17) is 0 Å². The molecule has 2 aromatic carbocycles. The lowest BCUT2D eigenvalue weighted by Gasteiger charge is -2.37. The molecule has 0 spiro atoms. The molecule has 28 heavy (non-hydrogen) atoms. The molecular weight excluding hydrogens is 470 g/mol. The third-order valence-corrected chi connectivity index (χ3v) is 4.89. The molecular formula is C21H28FIN4O. The van der Waals surface area contributed by atoms with Gasteiger partial charge in [0.1, 0.15) is 5.82 Å². The van der Waals surface area contributed by atoms with Gasteiger partial charge < -0.3 is 20.2 Å². The summed E-state index contributed by atoms with van der Waals surface area (Å²) < 4.78 is 13.5. The first-order valence-electron chi connectivity index (χ1n) is 9.26. The molecule has 0 saturated carbocycles. The quantitative estimate of drug-likeness (QED) is 0.387. The molecule has 5 nitrogen and oxygen atoms in total. The maximum Gasteiger partial charge on any atom is 0.194 e. The fourth-order valence-corrected chi connectivity index (χ4v) is 3.37. The Labute approximate surface area is 183 Å². The Hall–Kier alpha value is -1.87. The lowest BCUT2D eigenvalue weighted by molar-refractivity contribution is 0.275. The van der Waals surface area contributed by atoms with Gasteiger partial charge in [0.25, 0.3) is 0 Å². The van der Waals surface area contributed by atoms with E-state index in [1.807, 2.05) is 0 Å². The Kier molecular flexibility index (Phi) is 8.50. The predicted octanol–water partition coefficient (Wildman–Crippen LogP) is 3.14. The number of halogens is 2. The van der Waals surface area contributed by atoms with Gasteiger partial charge in [0.2, 0.25) is 0 Å². The Balaban J connectivity index is 0.00000280. The first-order valence-corrected chi connectivity index (χ1v) is 9.26. The minimum Gasteiger partial charge on any atom is -0.392 e. The number of benzene rings is 2. The SMILES string of the molecule is CN=C(NCc1ccc(F)c(CO)c1)N1CCN(c2cccc(C)c2)CC1.I. The standard InChI is InChI=1S/C21H27FN4O.HI/c1-16-4-3-5-19(12-16)25-8-10-26(11-9-25)21(23-2)24-14-17-6-7-20(22)18(13-17)15-27;/h3-7,12-13,27H,8-11,14-15H2,1-2H3,(H,23,24);1H. The van der Waals surface area contributed by atoms with E-state index < -0.39 is 0 Å². The summed E-state index contributed by atoms with van der Waals surface area (Å²) in [6.07, 6.45) is 0. The van der Waals surface area contributed by atoms with Crippen LogP contribution >= 0.6 is 24.0 Å². The molecule has 0 amide bonds. The zero-order valence-corrected chi connectivity index (χ0v) is 18.7. The number of rotatable bonds is 4. The average Bonchev–Trinajstić information content (AvgIpc) is 2.70. The molecule has 1 saturated heterocycles.